The van der Waals surface area contributed by atoms with Crippen LogP contribution in [0.2, 0.25) is 0 Å². The van der Waals surface area contributed by atoms with Crippen LogP contribution >= 0.6 is 0 Å². The molecule has 3 atom stereocenters. The number of nitrogens with one attached hydrogen (secondary N) is 2. The lowest BCUT2D eigenvalue weighted by Gasteiger charge is -2.40. The number of hydrogen-bond acceptors (Lipinski definition) is 4. The molecule has 0 fully saturated rings. The first-order valence-electron chi connectivity index (χ1n) is 9.40. The van der Waals surface area contributed by atoms with Crippen molar-refractivity contribution in [2.45, 2.75) is 59.5 Å². The first kappa shape index (κ1) is 22.1. The molecule has 0 saturated heterocycles. The van der Waals surface area contributed by atoms with Gasteiger partial charge in [0, 0.05) is 5.92 Å². The van der Waals surface area contributed by atoms with Crippen LogP contribution in [0.4, 0.5) is 13.2 Å². The predicted octanol–water partition coefficient (Wildman–Crippen LogP) is 3.34. The Hall–Kier alpha value is -2.16. The van der Waals surface area contributed by atoms with E-state index in [0.29, 0.717) is 5.96 Å². The number of amidine groups is 1. The average molecular weight is 398 g/mol. The van der Waals surface area contributed by atoms with Crippen LogP contribution in [0, 0.1) is 17.8 Å². The Morgan fingerprint density at radius 1 is 1.07 bits per heavy atom. The summed E-state index contributed by atoms with van der Waals surface area (Å²) < 4.78 is 39.2. The number of nitrogens with two attached hydrogens (primary N) is 1. The largest absolute Gasteiger partial charge is 0.433 e. The lowest BCUT2D eigenvalue weighted by atomic mass is 9.90. The maximum absolute atomic E-state index is 13.1. The molecule has 0 radical (unpaired) electrons. The van der Waals surface area contributed by atoms with Gasteiger partial charge >= 0.3 is 6.18 Å². The number of aliphatic imine (C=N–C) groups is 2. The van der Waals surface area contributed by atoms with Gasteiger partial charge in [-0.2, -0.15) is 13.2 Å². The molecule has 0 spiro atoms. The van der Waals surface area contributed by atoms with E-state index >= 15 is 0 Å². The molecule has 1 unspecified atom stereocenters. The van der Waals surface area contributed by atoms with Crippen molar-refractivity contribution in [1.82, 2.24) is 15.6 Å². The van der Waals surface area contributed by atoms with Crippen LogP contribution in [0.5, 0.6) is 0 Å². The fourth-order valence-electron chi connectivity index (χ4n) is 2.56. The molecule has 0 aromatic carbocycles. The highest BCUT2D eigenvalue weighted by molar-refractivity contribution is 6.09. The third kappa shape index (κ3) is 5.01. The van der Waals surface area contributed by atoms with E-state index < -0.39 is 17.7 Å². The summed E-state index contributed by atoms with van der Waals surface area (Å²) in [6, 6.07) is 3.67. The smallest absolute Gasteiger partial charge is 0.319 e. The van der Waals surface area contributed by atoms with E-state index in [-0.39, 0.29) is 35.3 Å². The van der Waals surface area contributed by atoms with E-state index in [0.717, 1.165) is 6.07 Å². The Labute approximate surface area is 163 Å². The summed E-state index contributed by atoms with van der Waals surface area (Å²) in [5.41, 5.74) is 5.61. The van der Waals surface area contributed by atoms with E-state index in [1.807, 2.05) is 41.5 Å². The Balaban J connectivity index is 2.53. The zero-order valence-electron chi connectivity index (χ0n) is 17.1. The summed E-state index contributed by atoms with van der Waals surface area (Å²) in [6.45, 7) is 12.0. The first-order valence-corrected chi connectivity index (χ1v) is 9.40. The molecule has 0 aliphatic carbocycles. The van der Waals surface area contributed by atoms with Crippen molar-refractivity contribution < 1.29 is 13.2 Å². The van der Waals surface area contributed by atoms with E-state index in [2.05, 4.69) is 25.6 Å². The fourth-order valence-corrected chi connectivity index (χ4v) is 2.56. The van der Waals surface area contributed by atoms with Crippen molar-refractivity contribution in [1.29, 1.82) is 0 Å². The van der Waals surface area contributed by atoms with Gasteiger partial charge in [-0.25, -0.2) is 15.0 Å². The SMILES string of the molecule is CC(C)[C@H](C)N=C1NC(c2cccc(C(F)(F)F)n2)=NC(N)([C@@H](C)C(C)C)N1. The molecular weight excluding hydrogens is 369 g/mol. The van der Waals surface area contributed by atoms with Gasteiger partial charge in [0.15, 0.2) is 17.6 Å². The molecule has 0 bridgehead atoms. The molecule has 2 rings (SSSR count). The molecule has 0 amide bonds. The molecule has 6 nitrogen and oxygen atoms in total. The van der Waals surface area contributed by atoms with Gasteiger partial charge in [0.25, 0.3) is 0 Å². The van der Waals surface area contributed by atoms with E-state index in [1.165, 1.54) is 12.1 Å². The Kier molecular flexibility index (Phi) is 6.37. The van der Waals surface area contributed by atoms with Gasteiger partial charge in [-0.3, -0.25) is 5.73 Å². The van der Waals surface area contributed by atoms with Crippen molar-refractivity contribution >= 4 is 11.8 Å². The molecule has 0 saturated carbocycles. The number of aromatic nitrogens is 1. The molecule has 9 heteroatoms. The number of pyridine rings is 1. The van der Waals surface area contributed by atoms with Crippen molar-refractivity contribution in [2.24, 2.45) is 33.5 Å². The maximum Gasteiger partial charge on any atom is 0.433 e. The van der Waals surface area contributed by atoms with Crippen LogP contribution < -0.4 is 16.4 Å². The normalized spacial score (nSPS) is 24.0. The Bertz CT molecular complexity index is 756. The van der Waals surface area contributed by atoms with E-state index in [9.17, 15) is 13.2 Å². The zero-order chi connectivity index (χ0) is 21.3. The maximum atomic E-state index is 13.1. The summed E-state index contributed by atoms with van der Waals surface area (Å²) in [6.07, 6.45) is -4.54. The highest BCUT2D eigenvalue weighted by atomic mass is 19.4. The highest BCUT2D eigenvalue weighted by Crippen LogP contribution is 2.28. The van der Waals surface area contributed by atoms with Crippen LogP contribution in [0.25, 0.3) is 0 Å². The van der Waals surface area contributed by atoms with Gasteiger partial charge in [-0.05, 0) is 30.9 Å². The van der Waals surface area contributed by atoms with E-state index in [4.69, 9.17) is 5.73 Å². The summed E-state index contributed by atoms with van der Waals surface area (Å²) in [4.78, 5) is 12.8. The molecule has 2 heterocycles. The molecule has 1 aromatic rings. The van der Waals surface area contributed by atoms with Crippen LogP contribution in [-0.2, 0) is 6.18 Å². The molecule has 4 N–H and O–H groups in total. The summed E-state index contributed by atoms with van der Waals surface area (Å²) in [5.74, 6) is -0.344. The van der Waals surface area contributed by atoms with E-state index in [1.54, 1.807) is 0 Å². The number of nitrogens with zero attached hydrogens (tertiary/aromatic N) is 3. The molecule has 1 aliphatic rings. The first-order chi connectivity index (χ1) is 12.8. The molecule has 28 heavy (non-hydrogen) atoms. The second kappa shape index (κ2) is 8.06. The average Bonchev–Trinajstić information content (AvgIpc) is 2.59. The van der Waals surface area contributed by atoms with Gasteiger partial charge in [-0.1, -0.05) is 40.7 Å². The molecule has 156 valence electrons. The van der Waals surface area contributed by atoms with Crippen molar-refractivity contribution in [2.75, 3.05) is 0 Å². The van der Waals surface area contributed by atoms with Crippen molar-refractivity contribution in [3.63, 3.8) is 0 Å². The Morgan fingerprint density at radius 3 is 2.25 bits per heavy atom. The molecular formula is C19H29F3N6. The van der Waals surface area contributed by atoms with Gasteiger partial charge < -0.3 is 10.6 Å². The van der Waals surface area contributed by atoms with Crippen molar-refractivity contribution in [3.05, 3.63) is 29.6 Å². The second-order valence-corrected chi connectivity index (χ2v) is 7.94. The van der Waals surface area contributed by atoms with Gasteiger partial charge in [0.05, 0.1) is 6.04 Å². The third-order valence-corrected chi connectivity index (χ3v) is 5.13. The lowest BCUT2D eigenvalue weighted by Crippen LogP contribution is -2.67. The topological polar surface area (TPSA) is 87.7 Å². The molecule has 1 aliphatic heterocycles. The van der Waals surface area contributed by atoms with Crippen molar-refractivity contribution in [3.8, 4) is 0 Å². The van der Waals surface area contributed by atoms with Crippen LogP contribution in [-0.4, -0.2) is 28.6 Å². The molecule has 1 aromatic heterocycles. The summed E-state index contributed by atoms with van der Waals surface area (Å²) in [7, 11) is 0. The number of guanidine groups is 1. The minimum atomic E-state index is -4.54. The van der Waals surface area contributed by atoms with Gasteiger partial charge in [0.2, 0.25) is 0 Å². The quantitative estimate of drug-likeness (QED) is 0.710. The monoisotopic (exact) mass is 398 g/mol. The number of hydrogen-bond donors (Lipinski definition) is 3. The lowest BCUT2D eigenvalue weighted by molar-refractivity contribution is -0.141. The third-order valence-electron chi connectivity index (χ3n) is 5.13. The zero-order valence-corrected chi connectivity index (χ0v) is 17.1. The van der Waals surface area contributed by atoms with Gasteiger partial charge in [0.1, 0.15) is 11.4 Å². The minimum absolute atomic E-state index is 0.0255. The van der Waals surface area contributed by atoms with Gasteiger partial charge in [-0.15, -0.1) is 0 Å². The fraction of sp³-hybridized carbons (Fsp3) is 0.632. The van der Waals surface area contributed by atoms with Crippen LogP contribution in [0.15, 0.2) is 28.2 Å². The number of rotatable bonds is 5. The summed E-state index contributed by atoms with van der Waals surface area (Å²) in [5, 5.41) is 6.08. The highest BCUT2D eigenvalue weighted by Gasteiger charge is 2.39. The van der Waals surface area contributed by atoms with Crippen LogP contribution in [0.1, 0.15) is 52.9 Å². The Morgan fingerprint density at radius 2 is 1.71 bits per heavy atom. The van der Waals surface area contributed by atoms with Crippen LogP contribution in [0.3, 0.4) is 0 Å². The summed E-state index contributed by atoms with van der Waals surface area (Å²) >= 11 is 0. The standard InChI is InChI=1S/C19H29F3N6/c1-10(2)12(5)19(23)27-16(26-17(28-19)24-13(6)11(3)4)14-8-7-9-15(25-14)18(20,21)22/h7-13H,23H2,1-6H3,(H2,24,26,27,28)/t12-,13-,19?/m0/s1. The predicted molar refractivity (Wildman–Crippen MR) is 105 cm³/mol. The minimum Gasteiger partial charge on any atom is -0.319 e. The number of alkyl halides is 3. The number of halogens is 3. The second-order valence-electron chi connectivity index (χ2n) is 7.94.